The highest BCUT2D eigenvalue weighted by atomic mass is 19.4. The van der Waals surface area contributed by atoms with Crippen LogP contribution in [0.1, 0.15) is 22.5 Å². The number of hydrogen-bond donors (Lipinski definition) is 2. The fourth-order valence-electron chi connectivity index (χ4n) is 1.41. The summed E-state index contributed by atoms with van der Waals surface area (Å²) in [4.78, 5) is 25.6. The van der Waals surface area contributed by atoms with Crippen molar-refractivity contribution in [2.75, 3.05) is 19.8 Å². The van der Waals surface area contributed by atoms with Crippen LogP contribution >= 0.6 is 0 Å². The van der Waals surface area contributed by atoms with Gasteiger partial charge in [-0.3, -0.25) is 9.59 Å². The number of nitrogens with one attached hydrogen (secondary N) is 2. The van der Waals surface area contributed by atoms with E-state index in [2.05, 4.69) is 15.0 Å². The van der Waals surface area contributed by atoms with E-state index in [0.29, 0.717) is 5.69 Å². The Kier molecular flexibility index (Phi) is 5.75. The molecule has 0 aromatic carbocycles. The van der Waals surface area contributed by atoms with Crippen LogP contribution in [0.3, 0.4) is 0 Å². The second-order valence-electron chi connectivity index (χ2n) is 4.16. The minimum absolute atomic E-state index is 0.0354. The van der Waals surface area contributed by atoms with Crippen molar-refractivity contribution in [2.45, 2.75) is 19.5 Å². The molecule has 5 nitrogen and oxygen atoms in total. The van der Waals surface area contributed by atoms with Crippen LogP contribution < -0.4 is 10.9 Å². The van der Waals surface area contributed by atoms with Crippen LogP contribution in [0.15, 0.2) is 16.9 Å². The van der Waals surface area contributed by atoms with Gasteiger partial charge in [0.25, 0.3) is 11.5 Å². The SMILES string of the molecule is Cc1ccc(C(=O)NCCCOCC(F)(F)F)c(=O)[nH]1. The minimum Gasteiger partial charge on any atom is -0.372 e. The Hall–Kier alpha value is -1.83. The van der Waals surface area contributed by atoms with Crippen LogP contribution in [0.4, 0.5) is 13.2 Å². The highest BCUT2D eigenvalue weighted by molar-refractivity contribution is 5.93. The maximum absolute atomic E-state index is 11.8. The zero-order valence-electron chi connectivity index (χ0n) is 10.8. The third-order valence-electron chi connectivity index (χ3n) is 2.32. The molecule has 1 rings (SSSR count). The standard InChI is InChI=1S/C12H15F3N2O3/c1-8-3-4-9(11(19)17-8)10(18)16-5-2-6-20-7-12(13,14)15/h3-4H,2,5-7H2,1H3,(H,16,18)(H,17,19). The van der Waals surface area contributed by atoms with Crippen LogP contribution in [0.25, 0.3) is 0 Å². The number of hydrogen-bond acceptors (Lipinski definition) is 3. The van der Waals surface area contributed by atoms with E-state index in [0.717, 1.165) is 0 Å². The molecule has 0 aliphatic heterocycles. The first-order valence-corrected chi connectivity index (χ1v) is 5.92. The van der Waals surface area contributed by atoms with Crippen LogP contribution in [-0.4, -0.2) is 36.8 Å². The van der Waals surface area contributed by atoms with E-state index in [1.165, 1.54) is 6.07 Å². The third-order valence-corrected chi connectivity index (χ3v) is 2.32. The van der Waals surface area contributed by atoms with Gasteiger partial charge < -0.3 is 15.0 Å². The third kappa shape index (κ3) is 5.87. The Balaban J connectivity index is 2.29. The lowest BCUT2D eigenvalue weighted by atomic mass is 10.2. The molecule has 8 heteroatoms. The molecular weight excluding hydrogens is 277 g/mol. The van der Waals surface area contributed by atoms with Gasteiger partial charge >= 0.3 is 6.18 Å². The Labute approximate surface area is 113 Å². The summed E-state index contributed by atoms with van der Waals surface area (Å²) in [5.74, 6) is -0.568. The van der Waals surface area contributed by atoms with Crippen LogP contribution in [-0.2, 0) is 4.74 Å². The molecule has 0 saturated carbocycles. The van der Waals surface area contributed by atoms with E-state index in [-0.39, 0.29) is 25.1 Å². The second kappa shape index (κ2) is 7.09. The smallest absolute Gasteiger partial charge is 0.372 e. The number of ether oxygens (including phenoxy) is 1. The Morgan fingerprint density at radius 3 is 2.70 bits per heavy atom. The topological polar surface area (TPSA) is 71.2 Å². The van der Waals surface area contributed by atoms with Crippen molar-refractivity contribution in [2.24, 2.45) is 0 Å². The average Bonchev–Trinajstić information content (AvgIpc) is 2.32. The zero-order chi connectivity index (χ0) is 15.2. The van der Waals surface area contributed by atoms with Gasteiger partial charge in [-0.25, -0.2) is 0 Å². The molecule has 20 heavy (non-hydrogen) atoms. The predicted octanol–water partition coefficient (Wildman–Crippen LogP) is 1.38. The summed E-state index contributed by atoms with van der Waals surface area (Å²) in [6, 6.07) is 2.98. The molecule has 0 aliphatic rings. The summed E-state index contributed by atoms with van der Waals surface area (Å²) in [6.07, 6.45) is -4.12. The van der Waals surface area contributed by atoms with Crippen molar-refractivity contribution in [3.63, 3.8) is 0 Å². The molecule has 0 aliphatic carbocycles. The summed E-state index contributed by atoms with van der Waals surface area (Å²) < 4.78 is 39.7. The molecule has 1 amide bonds. The van der Waals surface area contributed by atoms with Gasteiger partial charge in [0.2, 0.25) is 0 Å². The molecule has 2 N–H and O–H groups in total. The highest BCUT2D eigenvalue weighted by Gasteiger charge is 2.27. The van der Waals surface area contributed by atoms with Crippen LogP contribution in [0.2, 0.25) is 0 Å². The summed E-state index contributed by atoms with van der Waals surface area (Å²) in [5, 5.41) is 2.44. The number of carbonyl (C=O) groups is 1. The fraction of sp³-hybridized carbons (Fsp3) is 0.500. The number of amides is 1. The number of aromatic amines is 1. The molecule has 1 heterocycles. The first-order valence-electron chi connectivity index (χ1n) is 5.92. The summed E-state index contributed by atoms with van der Waals surface area (Å²) in [7, 11) is 0. The van der Waals surface area contributed by atoms with Crippen LogP contribution in [0, 0.1) is 6.92 Å². The van der Waals surface area contributed by atoms with E-state index in [9.17, 15) is 22.8 Å². The summed E-state index contributed by atoms with van der Waals surface area (Å²) >= 11 is 0. The molecule has 0 saturated heterocycles. The number of pyridine rings is 1. The van der Waals surface area contributed by atoms with Gasteiger partial charge in [-0.15, -0.1) is 0 Å². The predicted molar refractivity (Wildman–Crippen MR) is 65.6 cm³/mol. The van der Waals surface area contributed by atoms with Gasteiger partial charge in [0.15, 0.2) is 0 Å². The molecule has 0 bridgehead atoms. The van der Waals surface area contributed by atoms with Crippen molar-refractivity contribution in [3.8, 4) is 0 Å². The van der Waals surface area contributed by atoms with E-state index < -0.39 is 24.2 Å². The molecule has 0 radical (unpaired) electrons. The number of aryl methyl sites for hydroxylation is 1. The number of H-pyrrole nitrogens is 1. The lowest BCUT2D eigenvalue weighted by Gasteiger charge is -2.08. The van der Waals surface area contributed by atoms with E-state index in [1.807, 2.05) is 0 Å². The number of rotatable bonds is 6. The second-order valence-corrected chi connectivity index (χ2v) is 4.16. The molecule has 112 valence electrons. The lowest BCUT2D eigenvalue weighted by molar-refractivity contribution is -0.173. The number of halogens is 3. The van der Waals surface area contributed by atoms with Crippen molar-refractivity contribution >= 4 is 5.91 Å². The molecule has 0 fully saturated rings. The van der Waals surface area contributed by atoms with E-state index in [4.69, 9.17) is 0 Å². The van der Waals surface area contributed by atoms with Crippen molar-refractivity contribution in [1.29, 1.82) is 0 Å². The van der Waals surface area contributed by atoms with Crippen molar-refractivity contribution < 1.29 is 22.7 Å². The van der Waals surface area contributed by atoms with Crippen molar-refractivity contribution in [1.82, 2.24) is 10.3 Å². The van der Waals surface area contributed by atoms with Gasteiger partial charge in [-0.1, -0.05) is 0 Å². The van der Waals surface area contributed by atoms with E-state index >= 15 is 0 Å². The quantitative estimate of drug-likeness (QED) is 0.778. The molecule has 1 aromatic heterocycles. The number of alkyl halides is 3. The van der Waals surface area contributed by atoms with Gasteiger partial charge in [0.1, 0.15) is 12.2 Å². The minimum atomic E-state index is -4.35. The molecule has 0 unspecified atom stereocenters. The fourth-order valence-corrected chi connectivity index (χ4v) is 1.41. The summed E-state index contributed by atoms with van der Waals surface area (Å²) in [6.45, 7) is 0.383. The largest absolute Gasteiger partial charge is 0.411 e. The highest BCUT2D eigenvalue weighted by Crippen LogP contribution is 2.14. The monoisotopic (exact) mass is 292 g/mol. The Bertz CT molecular complexity index is 511. The van der Waals surface area contributed by atoms with Gasteiger partial charge in [-0.05, 0) is 25.5 Å². The van der Waals surface area contributed by atoms with Gasteiger partial charge in [0, 0.05) is 18.8 Å². The van der Waals surface area contributed by atoms with Gasteiger partial charge in [-0.2, -0.15) is 13.2 Å². The first-order chi connectivity index (χ1) is 9.29. The first kappa shape index (κ1) is 16.2. The number of carbonyl (C=O) groups excluding carboxylic acids is 1. The van der Waals surface area contributed by atoms with Gasteiger partial charge in [0.05, 0.1) is 0 Å². The van der Waals surface area contributed by atoms with Crippen molar-refractivity contribution in [3.05, 3.63) is 33.7 Å². The van der Waals surface area contributed by atoms with E-state index in [1.54, 1.807) is 13.0 Å². The maximum atomic E-state index is 11.8. The zero-order valence-corrected chi connectivity index (χ0v) is 10.8. The lowest BCUT2D eigenvalue weighted by Crippen LogP contribution is -2.31. The molecule has 1 aromatic rings. The average molecular weight is 292 g/mol. The molecule has 0 spiro atoms. The Morgan fingerprint density at radius 2 is 2.10 bits per heavy atom. The Morgan fingerprint density at radius 1 is 1.40 bits per heavy atom. The molecular formula is C12H15F3N2O3. The summed E-state index contributed by atoms with van der Waals surface area (Å²) in [5.41, 5.74) is 0.0923. The normalized spacial score (nSPS) is 11.4. The maximum Gasteiger partial charge on any atom is 0.411 e. The number of aromatic nitrogens is 1. The van der Waals surface area contributed by atoms with Crippen LogP contribution in [0.5, 0.6) is 0 Å². The molecule has 0 atom stereocenters.